The van der Waals surface area contributed by atoms with E-state index < -0.39 is 0 Å². The maximum absolute atomic E-state index is 5.88. The standard InChI is InChI=1S/C17H20O2/c1-3-5-12-17(11-4-2)13-18-16(19-14-17)15-9-7-6-8-10-15/h2-3,5-10,16H,11-14H2,1H3/b5-3-. The number of rotatable bonds is 4. The average Bonchev–Trinajstić information content (AvgIpc) is 2.47. The molecule has 1 aliphatic heterocycles. The Hall–Kier alpha value is -1.56. The van der Waals surface area contributed by atoms with Gasteiger partial charge in [0.25, 0.3) is 0 Å². The molecule has 2 heteroatoms. The lowest BCUT2D eigenvalue weighted by Gasteiger charge is -2.38. The maximum atomic E-state index is 5.88. The molecule has 1 aromatic rings. The largest absolute Gasteiger partial charge is 0.348 e. The molecule has 0 atom stereocenters. The Kier molecular flexibility index (Phi) is 4.79. The van der Waals surface area contributed by atoms with E-state index >= 15 is 0 Å². The van der Waals surface area contributed by atoms with Crippen molar-refractivity contribution in [2.75, 3.05) is 13.2 Å². The molecule has 0 unspecified atom stereocenters. The highest BCUT2D eigenvalue weighted by atomic mass is 16.7. The summed E-state index contributed by atoms with van der Waals surface area (Å²) in [5, 5.41) is 0. The lowest BCUT2D eigenvalue weighted by Crippen LogP contribution is -2.38. The minimum atomic E-state index is -0.266. The molecule has 1 saturated heterocycles. The van der Waals surface area contributed by atoms with Crippen LogP contribution in [0.25, 0.3) is 0 Å². The molecule has 0 saturated carbocycles. The van der Waals surface area contributed by atoms with Crippen LogP contribution in [0.3, 0.4) is 0 Å². The lowest BCUT2D eigenvalue weighted by molar-refractivity contribution is -0.232. The number of allylic oxidation sites excluding steroid dienone is 2. The number of hydrogen-bond donors (Lipinski definition) is 0. The van der Waals surface area contributed by atoms with E-state index in [9.17, 15) is 0 Å². The molecule has 1 heterocycles. The summed E-state index contributed by atoms with van der Waals surface area (Å²) in [7, 11) is 0. The number of ether oxygens (including phenoxy) is 2. The summed E-state index contributed by atoms with van der Waals surface area (Å²) in [6, 6.07) is 10.0. The summed E-state index contributed by atoms with van der Waals surface area (Å²) in [4.78, 5) is 0. The van der Waals surface area contributed by atoms with Crippen molar-refractivity contribution in [2.24, 2.45) is 5.41 Å². The smallest absolute Gasteiger partial charge is 0.183 e. The summed E-state index contributed by atoms with van der Waals surface area (Å²) in [5.41, 5.74) is 0.981. The third-order valence-electron chi connectivity index (χ3n) is 3.42. The van der Waals surface area contributed by atoms with Gasteiger partial charge in [-0.25, -0.2) is 0 Å². The molecule has 0 spiro atoms. The van der Waals surface area contributed by atoms with Crippen molar-refractivity contribution in [3.63, 3.8) is 0 Å². The van der Waals surface area contributed by atoms with Gasteiger partial charge < -0.3 is 9.47 Å². The van der Waals surface area contributed by atoms with Crippen LogP contribution in [-0.2, 0) is 9.47 Å². The van der Waals surface area contributed by atoms with Crippen molar-refractivity contribution < 1.29 is 9.47 Å². The van der Waals surface area contributed by atoms with E-state index in [0.717, 1.165) is 12.0 Å². The van der Waals surface area contributed by atoms with Crippen LogP contribution in [0.5, 0.6) is 0 Å². The Labute approximate surface area is 115 Å². The summed E-state index contributed by atoms with van der Waals surface area (Å²) >= 11 is 0. The maximum Gasteiger partial charge on any atom is 0.183 e. The van der Waals surface area contributed by atoms with Crippen LogP contribution < -0.4 is 0 Å². The second-order valence-electron chi connectivity index (χ2n) is 5.02. The van der Waals surface area contributed by atoms with Crippen LogP contribution in [0.4, 0.5) is 0 Å². The monoisotopic (exact) mass is 256 g/mol. The third-order valence-corrected chi connectivity index (χ3v) is 3.42. The molecule has 0 radical (unpaired) electrons. The summed E-state index contributed by atoms with van der Waals surface area (Å²) in [5.74, 6) is 2.75. The average molecular weight is 256 g/mol. The Bertz CT molecular complexity index is 448. The Morgan fingerprint density at radius 1 is 1.32 bits per heavy atom. The molecule has 2 rings (SSSR count). The number of benzene rings is 1. The first-order valence-corrected chi connectivity index (χ1v) is 6.62. The zero-order valence-corrected chi connectivity index (χ0v) is 11.3. The fraction of sp³-hybridized carbons (Fsp3) is 0.412. The molecule has 1 aromatic carbocycles. The first-order valence-electron chi connectivity index (χ1n) is 6.62. The zero-order chi connectivity index (χ0) is 13.6. The normalized spacial score (nSPS) is 27.3. The van der Waals surface area contributed by atoms with Crippen LogP contribution in [0.1, 0.15) is 31.6 Å². The van der Waals surface area contributed by atoms with Gasteiger partial charge in [0.15, 0.2) is 6.29 Å². The fourth-order valence-electron chi connectivity index (χ4n) is 2.27. The molecule has 0 N–H and O–H groups in total. The van der Waals surface area contributed by atoms with E-state index in [1.54, 1.807) is 0 Å². The Morgan fingerprint density at radius 3 is 2.58 bits per heavy atom. The van der Waals surface area contributed by atoms with E-state index in [2.05, 4.69) is 12.0 Å². The van der Waals surface area contributed by atoms with Crippen molar-refractivity contribution >= 4 is 0 Å². The van der Waals surface area contributed by atoms with Crippen LogP contribution in [0.15, 0.2) is 42.5 Å². The molecular weight excluding hydrogens is 236 g/mol. The summed E-state index contributed by atoms with van der Waals surface area (Å²) in [6.07, 6.45) is 11.0. The van der Waals surface area contributed by atoms with E-state index in [4.69, 9.17) is 15.9 Å². The van der Waals surface area contributed by atoms with Crippen LogP contribution in [-0.4, -0.2) is 13.2 Å². The molecule has 2 nitrogen and oxygen atoms in total. The number of terminal acetylenes is 1. The second-order valence-corrected chi connectivity index (χ2v) is 5.02. The van der Waals surface area contributed by atoms with Gasteiger partial charge in [-0.15, -0.1) is 12.3 Å². The van der Waals surface area contributed by atoms with Gasteiger partial charge in [-0.3, -0.25) is 0 Å². The van der Waals surface area contributed by atoms with Gasteiger partial charge in [0.05, 0.1) is 13.2 Å². The highest BCUT2D eigenvalue weighted by molar-refractivity contribution is 5.16. The molecule has 0 amide bonds. The van der Waals surface area contributed by atoms with Gasteiger partial charge in [0, 0.05) is 17.4 Å². The first kappa shape index (κ1) is 13.9. The number of hydrogen-bond acceptors (Lipinski definition) is 2. The molecule has 100 valence electrons. The van der Waals surface area contributed by atoms with Crippen LogP contribution >= 0.6 is 0 Å². The molecule has 0 bridgehead atoms. The van der Waals surface area contributed by atoms with E-state index in [0.29, 0.717) is 19.6 Å². The predicted octanol–water partition coefficient (Wildman–Crippen LogP) is 3.71. The van der Waals surface area contributed by atoms with Crippen molar-refractivity contribution in [2.45, 2.75) is 26.1 Å². The third kappa shape index (κ3) is 3.47. The summed E-state index contributed by atoms with van der Waals surface area (Å²) < 4.78 is 11.8. The van der Waals surface area contributed by atoms with Gasteiger partial charge >= 0.3 is 0 Å². The van der Waals surface area contributed by atoms with E-state index in [1.807, 2.05) is 43.3 Å². The van der Waals surface area contributed by atoms with Crippen LogP contribution in [0, 0.1) is 17.8 Å². The highest BCUT2D eigenvalue weighted by Crippen LogP contribution is 2.36. The van der Waals surface area contributed by atoms with Crippen molar-refractivity contribution in [3.8, 4) is 12.3 Å². The highest BCUT2D eigenvalue weighted by Gasteiger charge is 2.35. The van der Waals surface area contributed by atoms with Gasteiger partial charge in [-0.2, -0.15) is 0 Å². The topological polar surface area (TPSA) is 18.5 Å². The zero-order valence-electron chi connectivity index (χ0n) is 11.3. The second kappa shape index (κ2) is 6.56. The SMILES string of the molecule is C#CCC1(C/C=C\C)COC(c2ccccc2)OC1. The van der Waals surface area contributed by atoms with Gasteiger partial charge in [-0.05, 0) is 13.3 Å². The van der Waals surface area contributed by atoms with E-state index in [1.165, 1.54) is 0 Å². The Morgan fingerprint density at radius 2 is 2.00 bits per heavy atom. The predicted molar refractivity (Wildman–Crippen MR) is 76.4 cm³/mol. The molecular formula is C17H20O2. The minimum Gasteiger partial charge on any atom is -0.348 e. The van der Waals surface area contributed by atoms with Crippen molar-refractivity contribution in [1.82, 2.24) is 0 Å². The molecule has 1 fully saturated rings. The van der Waals surface area contributed by atoms with Crippen molar-refractivity contribution in [1.29, 1.82) is 0 Å². The van der Waals surface area contributed by atoms with Crippen molar-refractivity contribution in [3.05, 3.63) is 48.0 Å². The van der Waals surface area contributed by atoms with Gasteiger partial charge in [0.2, 0.25) is 0 Å². The first-order chi connectivity index (χ1) is 9.29. The Balaban J connectivity index is 2.02. The van der Waals surface area contributed by atoms with Crippen LogP contribution in [0.2, 0.25) is 0 Å². The quantitative estimate of drug-likeness (QED) is 0.604. The molecule has 0 aromatic heterocycles. The van der Waals surface area contributed by atoms with E-state index in [-0.39, 0.29) is 11.7 Å². The minimum absolute atomic E-state index is 0.0768. The van der Waals surface area contributed by atoms with Gasteiger partial charge in [0.1, 0.15) is 0 Å². The molecule has 19 heavy (non-hydrogen) atoms. The molecule has 1 aliphatic rings. The van der Waals surface area contributed by atoms with Gasteiger partial charge in [-0.1, -0.05) is 42.5 Å². The summed E-state index contributed by atoms with van der Waals surface area (Å²) in [6.45, 7) is 3.29. The fourth-order valence-corrected chi connectivity index (χ4v) is 2.27. The molecule has 0 aliphatic carbocycles. The lowest BCUT2D eigenvalue weighted by atomic mass is 9.82.